The number of thioether (sulfide) groups is 1. The van der Waals surface area contributed by atoms with Gasteiger partial charge in [-0.2, -0.15) is 0 Å². The third-order valence-corrected chi connectivity index (χ3v) is 4.48. The minimum atomic E-state index is 0.00686. The highest BCUT2D eigenvalue weighted by Gasteiger charge is 2.06. The standard InChI is InChI=1S/C18H19N5OS/c1-25-17-5-2-14(3-6-17)4-7-18(24)20-12-15-13-23(22-21-15)16-8-10-19-11-9-16/h2-3,5-6,8-11,13H,4,7,12H2,1H3,(H,20,24). The fraction of sp³-hybridized carbons (Fsp3) is 0.222. The van der Waals surface area contributed by atoms with Crippen molar-refractivity contribution in [3.05, 3.63) is 66.2 Å². The van der Waals surface area contributed by atoms with Crippen LogP contribution in [0.2, 0.25) is 0 Å². The van der Waals surface area contributed by atoms with Gasteiger partial charge in [0.05, 0.1) is 18.4 Å². The number of amides is 1. The summed E-state index contributed by atoms with van der Waals surface area (Å²) in [5, 5.41) is 11.0. The van der Waals surface area contributed by atoms with Gasteiger partial charge < -0.3 is 5.32 Å². The summed E-state index contributed by atoms with van der Waals surface area (Å²) < 4.78 is 1.66. The molecule has 0 aliphatic rings. The van der Waals surface area contributed by atoms with Crippen molar-refractivity contribution in [2.75, 3.05) is 6.26 Å². The quantitative estimate of drug-likeness (QED) is 0.661. The number of pyridine rings is 1. The number of nitrogens with zero attached hydrogens (tertiary/aromatic N) is 4. The van der Waals surface area contributed by atoms with Gasteiger partial charge in [-0.05, 0) is 42.5 Å². The summed E-state index contributed by atoms with van der Waals surface area (Å²) in [6.45, 7) is 0.370. The van der Waals surface area contributed by atoms with Crippen LogP contribution in [0.4, 0.5) is 0 Å². The Balaban J connectivity index is 1.46. The molecule has 0 bridgehead atoms. The van der Waals surface area contributed by atoms with Crippen molar-refractivity contribution in [1.82, 2.24) is 25.3 Å². The molecule has 0 saturated heterocycles. The molecule has 0 atom stereocenters. The van der Waals surface area contributed by atoms with Gasteiger partial charge in [-0.3, -0.25) is 9.78 Å². The second kappa shape index (κ2) is 8.43. The minimum absolute atomic E-state index is 0.00686. The van der Waals surface area contributed by atoms with Crippen LogP contribution in [0.15, 0.2) is 59.9 Å². The second-order valence-corrected chi connectivity index (χ2v) is 6.36. The highest BCUT2D eigenvalue weighted by molar-refractivity contribution is 7.98. The monoisotopic (exact) mass is 353 g/mol. The van der Waals surface area contributed by atoms with Crippen LogP contribution in [0.5, 0.6) is 0 Å². The highest BCUT2D eigenvalue weighted by atomic mass is 32.2. The molecule has 7 heteroatoms. The van der Waals surface area contributed by atoms with Crippen LogP contribution < -0.4 is 5.32 Å². The van der Waals surface area contributed by atoms with E-state index in [2.05, 4.69) is 44.9 Å². The van der Waals surface area contributed by atoms with Crippen molar-refractivity contribution in [3.63, 3.8) is 0 Å². The summed E-state index contributed by atoms with van der Waals surface area (Å²) in [6.07, 6.45) is 8.43. The number of carbonyl (C=O) groups is 1. The van der Waals surface area contributed by atoms with Crippen LogP contribution >= 0.6 is 11.8 Å². The molecule has 1 amide bonds. The third kappa shape index (κ3) is 4.90. The Kier molecular flexibility index (Phi) is 5.79. The molecule has 3 rings (SSSR count). The van der Waals surface area contributed by atoms with Gasteiger partial charge in [0.15, 0.2) is 0 Å². The molecular formula is C18H19N5OS. The van der Waals surface area contributed by atoms with Gasteiger partial charge in [0.2, 0.25) is 5.91 Å². The van der Waals surface area contributed by atoms with Crippen LogP contribution in [-0.2, 0) is 17.8 Å². The van der Waals surface area contributed by atoms with E-state index in [1.54, 1.807) is 35.0 Å². The minimum Gasteiger partial charge on any atom is -0.350 e. The summed E-state index contributed by atoms with van der Waals surface area (Å²) in [5.41, 5.74) is 2.76. The summed E-state index contributed by atoms with van der Waals surface area (Å²) in [7, 11) is 0. The Bertz CT molecular complexity index is 817. The Morgan fingerprint density at radius 2 is 1.92 bits per heavy atom. The SMILES string of the molecule is CSc1ccc(CCC(=O)NCc2cn(-c3ccncc3)nn2)cc1. The van der Waals surface area contributed by atoms with Crippen LogP contribution in [0.3, 0.4) is 0 Å². The number of benzene rings is 1. The van der Waals surface area contributed by atoms with E-state index in [0.717, 1.165) is 23.4 Å². The topological polar surface area (TPSA) is 72.7 Å². The number of hydrogen-bond donors (Lipinski definition) is 1. The molecule has 0 unspecified atom stereocenters. The first-order valence-corrected chi connectivity index (χ1v) is 9.18. The number of aryl methyl sites for hydroxylation is 1. The number of nitrogens with one attached hydrogen (secondary N) is 1. The van der Waals surface area contributed by atoms with E-state index in [1.165, 1.54) is 4.90 Å². The van der Waals surface area contributed by atoms with Gasteiger partial charge in [-0.25, -0.2) is 4.68 Å². The molecule has 0 spiro atoms. The van der Waals surface area contributed by atoms with Crippen molar-refractivity contribution < 1.29 is 4.79 Å². The fourth-order valence-corrected chi connectivity index (χ4v) is 2.74. The average Bonchev–Trinajstić information content (AvgIpc) is 3.15. The predicted octanol–water partition coefficient (Wildman–Crippen LogP) is 2.63. The van der Waals surface area contributed by atoms with E-state index >= 15 is 0 Å². The maximum absolute atomic E-state index is 12.0. The van der Waals surface area contributed by atoms with E-state index in [1.807, 2.05) is 18.4 Å². The summed E-state index contributed by atoms with van der Waals surface area (Å²) in [4.78, 5) is 17.2. The normalized spacial score (nSPS) is 10.6. The maximum Gasteiger partial charge on any atom is 0.220 e. The average molecular weight is 353 g/mol. The number of aromatic nitrogens is 4. The zero-order chi connectivity index (χ0) is 17.5. The van der Waals surface area contributed by atoms with Crippen molar-refractivity contribution >= 4 is 17.7 Å². The largest absolute Gasteiger partial charge is 0.350 e. The Morgan fingerprint density at radius 3 is 2.64 bits per heavy atom. The first kappa shape index (κ1) is 17.2. The van der Waals surface area contributed by atoms with Gasteiger partial charge >= 0.3 is 0 Å². The van der Waals surface area contributed by atoms with Gasteiger partial charge in [0.1, 0.15) is 5.69 Å². The molecule has 0 fully saturated rings. The summed E-state index contributed by atoms with van der Waals surface area (Å²) in [6, 6.07) is 12.0. The molecule has 0 aliphatic heterocycles. The van der Waals surface area contributed by atoms with E-state index in [9.17, 15) is 4.79 Å². The van der Waals surface area contributed by atoms with Gasteiger partial charge in [-0.15, -0.1) is 16.9 Å². The van der Waals surface area contributed by atoms with Gasteiger partial charge in [-0.1, -0.05) is 17.3 Å². The first-order valence-electron chi connectivity index (χ1n) is 7.96. The number of rotatable bonds is 7. The molecule has 1 aromatic carbocycles. The number of hydrogen-bond acceptors (Lipinski definition) is 5. The van der Waals surface area contributed by atoms with Crippen LogP contribution in [0.25, 0.3) is 5.69 Å². The van der Waals surface area contributed by atoms with Crippen LogP contribution in [-0.4, -0.2) is 32.1 Å². The van der Waals surface area contributed by atoms with Crippen LogP contribution in [0.1, 0.15) is 17.7 Å². The van der Waals surface area contributed by atoms with Gasteiger partial charge in [0.25, 0.3) is 0 Å². The van der Waals surface area contributed by atoms with Crippen molar-refractivity contribution in [1.29, 1.82) is 0 Å². The molecule has 128 valence electrons. The lowest BCUT2D eigenvalue weighted by molar-refractivity contribution is -0.121. The predicted molar refractivity (Wildman–Crippen MR) is 97.5 cm³/mol. The zero-order valence-corrected chi connectivity index (χ0v) is 14.7. The Labute approximate surface area is 150 Å². The van der Waals surface area contributed by atoms with Gasteiger partial charge in [0, 0.05) is 23.7 Å². The first-order chi connectivity index (χ1) is 12.2. The summed E-state index contributed by atoms with van der Waals surface area (Å²) >= 11 is 1.71. The third-order valence-electron chi connectivity index (χ3n) is 3.73. The molecule has 25 heavy (non-hydrogen) atoms. The Morgan fingerprint density at radius 1 is 1.16 bits per heavy atom. The lowest BCUT2D eigenvalue weighted by atomic mass is 10.1. The molecule has 2 aromatic heterocycles. The molecular weight excluding hydrogens is 334 g/mol. The molecule has 6 nitrogen and oxygen atoms in total. The van der Waals surface area contributed by atoms with E-state index < -0.39 is 0 Å². The molecule has 0 saturated carbocycles. The van der Waals surface area contributed by atoms with Crippen molar-refractivity contribution in [2.45, 2.75) is 24.3 Å². The van der Waals surface area contributed by atoms with E-state index in [0.29, 0.717) is 13.0 Å². The molecule has 2 heterocycles. The second-order valence-electron chi connectivity index (χ2n) is 5.48. The molecule has 3 aromatic rings. The van der Waals surface area contributed by atoms with Crippen molar-refractivity contribution in [2.24, 2.45) is 0 Å². The highest BCUT2D eigenvalue weighted by Crippen LogP contribution is 2.15. The molecule has 0 radical (unpaired) electrons. The molecule has 0 aliphatic carbocycles. The Hall–Kier alpha value is -2.67. The lowest BCUT2D eigenvalue weighted by Crippen LogP contribution is -2.23. The molecule has 1 N–H and O–H groups in total. The maximum atomic E-state index is 12.0. The number of carbonyl (C=O) groups excluding carboxylic acids is 1. The fourth-order valence-electron chi connectivity index (χ4n) is 2.33. The lowest BCUT2D eigenvalue weighted by Gasteiger charge is -2.04. The summed E-state index contributed by atoms with van der Waals surface area (Å²) in [5.74, 6) is 0.00686. The zero-order valence-electron chi connectivity index (χ0n) is 13.9. The van der Waals surface area contributed by atoms with E-state index in [4.69, 9.17) is 0 Å². The van der Waals surface area contributed by atoms with E-state index in [-0.39, 0.29) is 5.91 Å². The van der Waals surface area contributed by atoms with Crippen molar-refractivity contribution in [3.8, 4) is 5.69 Å². The smallest absolute Gasteiger partial charge is 0.220 e. The van der Waals surface area contributed by atoms with Crippen LogP contribution in [0, 0.1) is 0 Å².